The molecule has 0 unspecified atom stereocenters. The van der Waals surface area contributed by atoms with Crippen LogP contribution in [0.4, 0.5) is 5.69 Å². The van der Waals surface area contributed by atoms with Crippen molar-refractivity contribution in [3.63, 3.8) is 0 Å². The van der Waals surface area contributed by atoms with Gasteiger partial charge in [-0.05, 0) is 146 Å². The first-order chi connectivity index (χ1) is 28.2. The molecule has 2 heterocycles. The molecular weight excluding hydrogens is 752 g/mol. The largest absolute Gasteiger partial charge is 0.497 e. The van der Waals surface area contributed by atoms with Gasteiger partial charge in [-0.15, -0.1) is 0 Å². The van der Waals surface area contributed by atoms with E-state index >= 15 is 0 Å². The zero-order chi connectivity index (χ0) is 40.3. The number of aromatic nitrogens is 1. The van der Waals surface area contributed by atoms with Gasteiger partial charge in [0.1, 0.15) is 29.7 Å². The van der Waals surface area contributed by atoms with Crippen LogP contribution in [-0.4, -0.2) is 56.6 Å². The number of fused-ring (bicyclic) bond motifs is 4. The monoisotopic (exact) mass is 808 g/mol. The molecule has 8 rings (SSSR count). The van der Waals surface area contributed by atoms with E-state index in [2.05, 4.69) is 31.3 Å². The normalized spacial score (nSPS) is 25.0. The molecule has 10 heteroatoms. The van der Waals surface area contributed by atoms with E-state index in [4.69, 9.17) is 45.0 Å². The Balaban J connectivity index is 0.999. The second-order valence-electron chi connectivity index (χ2n) is 17.1. The first-order valence-corrected chi connectivity index (χ1v) is 21.5. The van der Waals surface area contributed by atoms with Crippen molar-refractivity contribution in [3.8, 4) is 23.0 Å². The van der Waals surface area contributed by atoms with Crippen molar-refractivity contribution >= 4 is 23.3 Å². The zero-order valence-corrected chi connectivity index (χ0v) is 35.1. The van der Waals surface area contributed by atoms with E-state index in [1.54, 1.807) is 7.11 Å². The van der Waals surface area contributed by atoms with E-state index in [-0.39, 0.29) is 17.5 Å². The van der Waals surface area contributed by atoms with Crippen molar-refractivity contribution in [1.29, 1.82) is 0 Å². The smallest absolute Gasteiger partial charge is 0.331 e. The van der Waals surface area contributed by atoms with Crippen LogP contribution in [0.2, 0.25) is 5.02 Å². The molecule has 1 aliphatic heterocycles. The molecule has 4 aromatic rings. The lowest BCUT2D eigenvalue weighted by Gasteiger charge is -2.48. The first-order valence-electron chi connectivity index (χ1n) is 21.1. The molecule has 58 heavy (non-hydrogen) atoms. The quantitative estimate of drug-likeness (QED) is 0.0987. The lowest BCUT2D eigenvalue weighted by molar-refractivity contribution is -0.148. The van der Waals surface area contributed by atoms with Crippen LogP contribution in [0.15, 0.2) is 72.9 Å². The Bertz CT molecular complexity index is 2060. The number of hydrogen-bond donors (Lipinski definition) is 1. The second-order valence-corrected chi connectivity index (χ2v) is 17.5. The van der Waals surface area contributed by atoms with Crippen LogP contribution in [0.5, 0.6) is 23.0 Å². The number of benzene rings is 3. The molecule has 0 saturated heterocycles. The van der Waals surface area contributed by atoms with Gasteiger partial charge in [0.25, 0.3) is 0 Å². The highest BCUT2D eigenvalue weighted by atomic mass is 35.5. The fourth-order valence-corrected chi connectivity index (χ4v) is 10.4. The van der Waals surface area contributed by atoms with Crippen molar-refractivity contribution in [2.45, 2.75) is 108 Å². The number of halogens is 1. The highest BCUT2D eigenvalue weighted by molar-refractivity contribution is 6.30. The average molecular weight is 809 g/mol. The van der Waals surface area contributed by atoms with Gasteiger partial charge in [0.15, 0.2) is 11.5 Å². The van der Waals surface area contributed by atoms with Crippen molar-refractivity contribution in [2.75, 3.05) is 39.4 Å². The molecule has 1 fully saturated rings. The number of aryl methyl sites for hydroxylation is 1. The number of methoxy groups -OCH3 is 2. The summed E-state index contributed by atoms with van der Waals surface area (Å²) in [6.07, 6.45) is 10.7. The predicted molar refractivity (Wildman–Crippen MR) is 226 cm³/mol. The fraction of sp³-hybridized carbons (Fsp3) is 0.500. The zero-order valence-electron chi connectivity index (χ0n) is 34.3. The summed E-state index contributed by atoms with van der Waals surface area (Å²) in [5, 5.41) is 4.20. The molecular formula is C48H57ClN2O7. The molecule has 4 aliphatic rings. The number of nitrogens with one attached hydrogen (secondary N) is 1. The topological polar surface area (TPSA) is 97.4 Å². The highest BCUT2D eigenvalue weighted by Gasteiger charge is 2.55. The Kier molecular flexibility index (Phi) is 12.1. The van der Waals surface area contributed by atoms with Gasteiger partial charge >= 0.3 is 5.97 Å². The van der Waals surface area contributed by atoms with Gasteiger partial charge in [-0.2, -0.15) is 0 Å². The van der Waals surface area contributed by atoms with Crippen LogP contribution >= 0.6 is 11.6 Å². The number of anilines is 1. The number of carbonyl (C=O) groups excluding carboxylic acids is 1. The van der Waals surface area contributed by atoms with Crippen LogP contribution in [0, 0.1) is 11.8 Å². The molecule has 0 radical (unpaired) electrons. The summed E-state index contributed by atoms with van der Waals surface area (Å²) in [4.78, 5) is 18.4. The fourth-order valence-electron chi connectivity index (χ4n) is 10.2. The second kappa shape index (κ2) is 17.4. The third-order valence-corrected chi connectivity index (χ3v) is 13.5. The third kappa shape index (κ3) is 8.35. The molecule has 1 aromatic heterocycles. The maximum Gasteiger partial charge on any atom is 0.331 e. The Hall–Kier alpha value is -4.47. The number of nitrogens with zero attached hydrogens (tertiary/aromatic N) is 1. The SMILES string of the molecule is COC(=O)C1(Nc2cccc(Cl)c2)CCC2(CC1)c1cc3c(cc1C[C@@H]2C[C@@H](C)COc1ccnc2c1[C@H](C)CCC2)O[C@H](CCOCc1ccc(OC)cc1)CO3. The highest BCUT2D eigenvalue weighted by Crippen LogP contribution is 2.58. The van der Waals surface area contributed by atoms with Gasteiger partial charge in [0.2, 0.25) is 0 Å². The van der Waals surface area contributed by atoms with E-state index in [0.717, 1.165) is 72.8 Å². The van der Waals surface area contributed by atoms with Gasteiger partial charge in [-0.3, -0.25) is 4.98 Å². The number of carbonyl (C=O) groups is 1. The summed E-state index contributed by atoms with van der Waals surface area (Å²) < 4.78 is 36.5. The maximum atomic E-state index is 13.7. The lowest BCUT2D eigenvalue weighted by Crippen LogP contribution is -2.53. The summed E-state index contributed by atoms with van der Waals surface area (Å²) in [5.41, 5.74) is 6.02. The standard InChI is InChI=1S/C48H57ClN2O7/c1-31(28-56-42-15-21-50-41-10-5-7-32(2)45(41)42)23-35-24-34-25-44-43(57-30-39(58-44)16-22-55-29-33-11-13-38(53-3)14-12-33)27-40(34)47(35)17-19-48(20-18-47,46(52)54-4)51-37-9-6-8-36(49)26-37/h6,8-9,11-15,21,25-27,31-32,35,39,51H,5,7,10,16-20,22-24,28-30H2,1-4H3/t31-,32-,35+,39-,47?,48?/m1/s1. The van der Waals surface area contributed by atoms with Gasteiger partial charge in [-0.25, -0.2) is 4.79 Å². The number of hydrogen-bond acceptors (Lipinski definition) is 9. The van der Waals surface area contributed by atoms with E-state index in [0.29, 0.717) is 62.0 Å². The number of esters is 1. The van der Waals surface area contributed by atoms with Gasteiger partial charge < -0.3 is 33.7 Å². The van der Waals surface area contributed by atoms with Crippen LogP contribution in [0.3, 0.4) is 0 Å². The Morgan fingerprint density at radius 3 is 2.64 bits per heavy atom. The summed E-state index contributed by atoms with van der Waals surface area (Å²) in [5.74, 6) is 4.29. The molecule has 308 valence electrons. The molecule has 0 bridgehead atoms. The number of rotatable bonds is 14. The Morgan fingerprint density at radius 1 is 1.03 bits per heavy atom. The summed E-state index contributed by atoms with van der Waals surface area (Å²) in [6, 6.07) is 22.1. The average Bonchev–Trinajstić information content (AvgIpc) is 3.51. The minimum Gasteiger partial charge on any atom is -0.497 e. The van der Waals surface area contributed by atoms with Gasteiger partial charge in [0, 0.05) is 34.6 Å². The van der Waals surface area contributed by atoms with E-state index in [1.165, 1.54) is 42.3 Å². The molecule has 3 aromatic carbocycles. The molecule has 9 nitrogen and oxygen atoms in total. The van der Waals surface area contributed by atoms with Crippen LogP contribution in [0.1, 0.15) is 99.1 Å². The summed E-state index contributed by atoms with van der Waals surface area (Å²) >= 11 is 6.38. The van der Waals surface area contributed by atoms with Crippen LogP contribution in [-0.2, 0) is 39.1 Å². The van der Waals surface area contributed by atoms with Crippen molar-refractivity contribution < 1.29 is 33.2 Å². The van der Waals surface area contributed by atoms with E-state index in [1.807, 2.05) is 60.8 Å². The number of ether oxygens (including phenoxy) is 6. The Morgan fingerprint density at radius 2 is 1.86 bits per heavy atom. The molecule has 1 spiro atoms. The van der Waals surface area contributed by atoms with Crippen LogP contribution in [0.25, 0.3) is 0 Å². The summed E-state index contributed by atoms with van der Waals surface area (Å²) in [7, 11) is 3.15. The molecule has 4 atom stereocenters. The molecule has 1 saturated carbocycles. The lowest BCUT2D eigenvalue weighted by atomic mass is 9.59. The number of pyridine rings is 1. The minimum atomic E-state index is -0.861. The minimum absolute atomic E-state index is 0.0979. The third-order valence-electron chi connectivity index (χ3n) is 13.3. The first kappa shape index (κ1) is 40.3. The van der Waals surface area contributed by atoms with Crippen molar-refractivity contribution in [3.05, 3.63) is 106 Å². The van der Waals surface area contributed by atoms with Crippen molar-refractivity contribution in [2.24, 2.45) is 11.8 Å². The maximum absolute atomic E-state index is 13.7. The van der Waals surface area contributed by atoms with Crippen LogP contribution < -0.4 is 24.3 Å². The van der Waals surface area contributed by atoms with E-state index < -0.39 is 5.54 Å². The van der Waals surface area contributed by atoms with Gasteiger partial charge in [0.05, 0.1) is 34.0 Å². The molecule has 1 N–H and O–H groups in total. The molecule has 3 aliphatic carbocycles. The predicted octanol–water partition coefficient (Wildman–Crippen LogP) is 10.0. The summed E-state index contributed by atoms with van der Waals surface area (Å²) in [6.45, 7) is 6.81. The Labute approximate surface area is 348 Å². The van der Waals surface area contributed by atoms with Gasteiger partial charge in [-0.1, -0.05) is 43.6 Å². The van der Waals surface area contributed by atoms with E-state index in [9.17, 15) is 4.79 Å². The molecule has 0 amide bonds. The van der Waals surface area contributed by atoms with Crippen molar-refractivity contribution in [1.82, 2.24) is 4.98 Å².